The van der Waals surface area contributed by atoms with Crippen molar-refractivity contribution in [3.63, 3.8) is 0 Å². The van der Waals surface area contributed by atoms with Crippen LogP contribution in [-0.4, -0.2) is 20.9 Å². The van der Waals surface area contributed by atoms with Gasteiger partial charge in [-0.15, -0.1) is 0 Å². The Morgan fingerprint density at radius 3 is 2.76 bits per heavy atom. The summed E-state index contributed by atoms with van der Waals surface area (Å²) in [5.41, 5.74) is 2.29. The maximum atomic E-state index is 11.6. The number of carboxylic acids is 1. The first kappa shape index (κ1) is 16.0. The average molecular weight is 372 g/mol. The van der Waals surface area contributed by atoms with Gasteiger partial charge in [0, 0.05) is 17.9 Å². The third kappa shape index (κ3) is 3.47. The van der Waals surface area contributed by atoms with E-state index in [4.69, 9.17) is 11.6 Å². The number of aromatic nitrogens is 2. The number of carbonyl (C=O) groups is 1. The van der Waals surface area contributed by atoms with Crippen LogP contribution in [0.4, 0.5) is 0 Å². The molecule has 112 valence electrons. The molecule has 0 radical (unpaired) electrons. The molecule has 1 unspecified atom stereocenters. The van der Waals surface area contributed by atoms with E-state index in [1.54, 1.807) is 11.7 Å². The van der Waals surface area contributed by atoms with Gasteiger partial charge in [0.15, 0.2) is 0 Å². The van der Waals surface area contributed by atoms with Crippen LogP contribution in [0.3, 0.4) is 0 Å². The highest BCUT2D eigenvalue weighted by atomic mass is 79.9. The van der Waals surface area contributed by atoms with Gasteiger partial charge in [0.05, 0.1) is 22.3 Å². The van der Waals surface area contributed by atoms with Gasteiger partial charge in [-0.05, 0) is 24.1 Å². The highest BCUT2D eigenvalue weighted by molar-refractivity contribution is 9.10. The minimum absolute atomic E-state index is 0.314. The summed E-state index contributed by atoms with van der Waals surface area (Å²) in [5.74, 6) is -1.52. The SMILES string of the molecule is CCc1nn(C)c(CC(C(=O)O)c2cccc(Br)c2)c1Cl. The number of halogens is 2. The van der Waals surface area contributed by atoms with Crippen LogP contribution in [0.5, 0.6) is 0 Å². The second-order valence-corrected chi connectivity index (χ2v) is 6.13. The fourth-order valence-electron chi connectivity index (χ4n) is 2.31. The zero-order valence-electron chi connectivity index (χ0n) is 11.8. The van der Waals surface area contributed by atoms with E-state index < -0.39 is 11.9 Å². The summed E-state index contributed by atoms with van der Waals surface area (Å²) in [5, 5.41) is 14.4. The summed E-state index contributed by atoms with van der Waals surface area (Å²) in [6.07, 6.45) is 1.04. The van der Waals surface area contributed by atoms with E-state index in [2.05, 4.69) is 21.0 Å². The molecular formula is C15H16BrClN2O2. The molecule has 1 heterocycles. The molecule has 0 fully saturated rings. The molecule has 2 rings (SSSR count). The summed E-state index contributed by atoms with van der Waals surface area (Å²) in [4.78, 5) is 11.6. The van der Waals surface area contributed by atoms with Gasteiger partial charge in [-0.25, -0.2) is 0 Å². The third-order valence-electron chi connectivity index (χ3n) is 3.45. The Kier molecular flexibility index (Phi) is 5.06. The Bertz CT molecular complexity index is 670. The molecule has 4 nitrogen and oxygen atoms in total. The van der Waals surface area contributed by atoms with Gasteiger partial charge in [-0.2, -0.15) is 5.10 Å². The topological polar surface area (TPSA) is 55.1 Å². The predicted molar refractivity (Wildman–Crippen MR) is 85.8 cm³/mol. The second-order valence-electron chi connectivity index (χ2n) is 4.83. The van der Waals surface area contributed by atoms with E-state index >= 15 is 0 Å². The maximum absolute atomic E-state index is 11.6. The molecule has 0 amide bonds. The fourth-order valence-corrected chi connectivity index (χ4v) is 3.09. The summed E-state index contributed by atoms with van der Waals surface area (Å²) >= 11 is 9.68. The van der Waals surface area contributed by atoms with Gasteiger partial charge < -0.3 is 5.11 Å². The average Bonchev–Trinajstić information content (AvgIpc) is 2.70. The van der Waals surface area contributed by atoms with Crippen molar-refractivity contribution in [1.82, 2.24) is 9.78 Å². The van der Waals surface area contributed by atoms with Crippen LogP contribution < -0.4 is 0 Å². The minimum Gasteiger partial charge on any atom is -0.481 e. The molecule has 1 aromatic heterocycles. The van der Waals surface area contributed by atoms with Crippen molar-refractivity contribution >= 4 is 33.5 Å². The number of carboxylic acid groups (broad SMARTS) is 1. The minimum atomic E-state index is -0.872. The first-order valence-corrected chi connectivity index (χ1v) is 7.79. The van der Waals surface area contributed by atoms with E-state index in [0.29, 0.717) is 11.4 Å². The van der Waals surface area contributed by atoms with E-state index in [-0.39, 0.29) is 0 Å². The molecule has 1 aromatic carbocycles. The fraction of sp³-hybridized carbons (Fsp3) is 0.333. The highest BCUT2D eigenvalue weighted by Gasteiger charge is 2.24. The van der Waals surface area contributed by atoms with Gasteiger partial charge in [-0.3, -0.25) is 9.48 Å². The van der Waals surface area contributed by atoms with Crippen LogP contribution in [0.15, 0.2) is 28.7 Å². The first-order valence-electron chi connectivity index (χ1n) is 6.62. The molecule has 0 saturated heterocycles. The molecular weight excluding hydrogens is 356 g/mol. The van der Waals surface area contributed by atoms with E-state index in [0.717, 1.165) is 27.8 Å². The van der Waals surface area contributed by atoms with Gasteiger partial charge in [0.1, 0.15) is 0 Å². The Balaban J connectivity index is 2.38. The Morgan fingerprint density at radius 2 is 2.24 bits per heavy atom. The molecule has 0 aliphatic rings. The zero-order valence-corrected chi connectivity index (χ0v) is 14.1. The number of benzene rings is 1. The van der Waals surface area contributed by atoms with Crippen molar-refractivity contribution in [2.45, 2.75) is 25.7 Å². The highest BCUT2D eigenvalue weighted by Crippen LogP contribution is 2.29. The molecule has 6 heteroatoms. The van der Waals surface area contributed by atoms with Crippen LogP contribution in [0, 0.1) is 0 Å². The normalized spacial score (nSPS) is 12.4. The molecule has 0 spiro atoms. The molecule has 0 saturated carbocycles. The number of nitrogens with zero attached hydrogens (tertiary/aromatic N) is 2. The summed E-state index contributed by atoms with van der Waals surface area (Å²) in [6, 6.07) is 7.34. The number of hydrogen-bond acceptors (Lipinski definition) is 2. The van der Waals surface area contributed by atoms with Gasteiger partial charge >= 0.3 is 5.97 Å². The van der Waals surface area contributed by atoms with Crippen LogP contribution in [0.1, 0.15) is 29.8 Å². The second kappa shape index (κ2) is 6.62. The summed E-state index contributed by atoms with van der Waals surface area (Å²) in [7, 11) is 1.79. The first-order chi connectivity index (χ1) is 9.93. The Hall–Kier alpha value is -1.33. The van der Waals surface area contributed by atoms with Crippen LogP contribution in [0.2, 0.25) is 5.02 Å². The van der Waals surface area contributed by atoms with Crippen molar-refractivity contribution in [3.8, 4) is 0 Å². The largest absolute Gasteiger partial charge is 0.481 e. The van der Waals surface area contributed by atoms with Crippen molar-refractivity contribution in [3.05, 3.63) is 50.7 Å². The lowest BCUT2D eigenvalue weighted by Crippen LogP contribution is -2.16. The molecule has 0 bridgehead atoms. The lowest BCUT2D eigenvalue weighted by atomic mass is 9.94. The summed E-state index contributed by atoms with van der Waals surface area (Å²) in [6.45, 7) is 1.97. The monoisotopic (exact) mass is 370 g/mol. The van der Waals surface area contributed by atoms with Gasteiger partial charge in [0.2, 0.25) is 0 Å². The standard InChI is InChI=1S/C15H16BrClN2O2/c1-3-12-14(17)13(19(2)18-12)8-11(15(20)21)9-5-4-6-10(16)7-9/h4-7,11H,3,8H2,1-2H3,(H,20,21). The van der Waals surface area contributed by atoms with Crippen molar-refractivity contribution in [2.24, 2.45) is 7.05 Å². The van der Waals surface area contributed by atoms with Crippen LogP contribution >= 0.6 is 27.5 Å². The van der Waals surface area contributed by atoms with E-state index in [1.807, 2.05) is 31.2 Å². The lowest BCUT2D eigenvalue weighted by molar-refractivity contribution is -0.138. The quantitative estimate of drug-likeness (QED) is 0.869. The molecule has 0 aliphatic heterocycles. The number of hydrogen-bond donors (Lipinski definition) is 1. The molecule has 0 aliphatic carbocycles. The van der Waals surface area contributed by atoms with Crippen molar-refractivity contribution in [1.29, 1.82) is 0 Å². The number of rotatable bonds is 5. The third-order valence-corrected chi connectivity index (χ3v) is 4.38. The van der Waals surface area contributed by atoms with E-state index in [9.17, 15) is 9.90 Å². The van der Waals surface area contributed by atoms with E-state index in [1.165, 1.54) is 0 Å². The number of aryl methyl sites for hydroxylation is 2. The number of aliphatic carboxylic acids is 1. The van der Waals surface area contributed by atoms with Crippen molar-refractivity contribution in [2.75, 3.05) is 0 Å². The Morgan fingerprint density at radius 1 is 1.52 bits per heavy atom. The van der Waals surface area contributed by atoms with Crippen LogP contribution in [-0.2, 0) is 24.7 Å². The molecule has 2 aromatic rings. The lowest BCUT2D eigenvalue weighted by Gasteiger charge is -2.13. The molecule has 21 heavy (non-hydrogen) atoms. The zero-order chi connectivity index (χ0) is 15.6. The molecule has 1 N–H and O–H groups in total. The van der Waals surface area contributed by atoms with Crippen LogP contribution in [0.25, 0.3) is 0 Å². The maximum Gasteiger partial charge on any atom is 0.311 e. The predicted octanol–water partition coefficient (Wildman–Crippen LogP) is 3.81. The van der Waals surface area contributed by atoms with Gasteiger partial charge in [-0.1, -0.05) is 46.6 Å². The molecule has 1 atom stereocenters. The summed E-state index contributed by atoms with van der Waals surface area (Å²) < 4.78 is 2.53. The van der Waals surface area contributed by atoms with Crippen molar-refractivity contribution < 1.29 is 9.90 Å². The smallest absolute Gasteiger partial charge is 0.311 e. The Labute approximate surface area is 136 Å². The van der Waals surface area contributed by atoms with Gasteiger partial charge in [0.25, 0.3) is 0 Å².